The first-order valence-corrected chi connectivity index (χ1v) is 11.5. The second-order valence-electron chi connectivity index (χ2n) is 7.38. The van der Waals surface area contributed by atoms with E-state index < -0.39 is 0 Å². The SMILES string of the molecule is COc1ccc2sc(N(CCCN3CCOCC3)C(=O)c3cc(OC)nc(OC)n3)nc2c1. The Morgan fingerprint density at radius 2 is 1.91 bits per heavy atom. The molecule has 3 aromatic rings. The molecule has 1 saturated heterocycles. The molecule has 1 fully saturated rings. The highest BCUT2D eigenvalue weighted by Crippen LogP contribution is 2.32. The van der Waals surface area contributed by atoms with Crippen LogP contribution in [0, 0.1) is 0 Å². The average Bonchev–Trinajstić information content (AvgIpc) is 3.29. The van der Waals surface area contributed by atoms with Gasteiger partial charge in [-0.2, -0.15) is 9.97 Å². The van der Waals surface area contributed by atoms with Crippen molar-refractivity contribution in [2.24, 2.45) is 0 Å². The lowest BCUT2D eigenvalue weighted by Gasteiger charge is -2.27. The number of benzene rings is 1. The van der Waals surface area contributed by atoms with Gasteiger partial charge in [-0.15, -0.1) is 0 Å². The number of carbonyl (C=O) groups is 1. The largest absolute Gasteiger partial charge is 0.497 e. The van der Waals surface area contributed by atoms with E-state index in [0.717, 1.165) is 55.2 Å². The zero-order chi connectivity index (χ0) is 23.2. The fraction of sp³-hybridized carbons (Fsp3) is 0.455. The van der Waals surface area contributed by atoms with Gasteiger partial charge in [-0.05, 0) is 18.6 Å². The molecule has 0 N–H and O–H groups in total. The average molecular weight is 474 g/mol. The summed E-state index contributed by atoms with van der Waals surface area (Å²) in [7, 11) is 4.55. The summed E-state index contributed by atoms with van der Waals surface area (Å²) in [6.07, 6.45) is 0.782. The third-order valence-electron chi connectivity index (χ3n) is 5.31. The highest BCUT2D eigenvalue weighted by molar-refractivity contribution is 7.22. The third-order valence-corrected chi connectivity index (χ3v) is 6.37. The van der Waals surface area contributed by atoms with Gasteiger partial charge in [0.15, 0.2) is 5.13 Å². The molecule has 10 nitrogen and oxygen atoms in total. The summed E-state index contributed by atoms with van der Waals surface area (Å²) < 4.78 is 22.1. The molecule has 4 rings (SSSR count). The van der Waals surface area contributed by atoms with Crippen LogP contribution in [0.4, 0.5) is 5.13 Å². The number of rotatable bonds is 9. The Kier molecular flexibility index (Phi) is 7.53. The minimum absolute atomic E-state index is 0.0694. The Labute approximate surface area is 196 Å². The van der Waals surface area contributed by atoms with Crippen LogP contribution in [0.25, 0.3) is 10.2 Å². The van der Waals surface area contributed by atoms with Crippen LogP contribution in [0.15, 0.2) is 24.3 Å². The van der Waals surface area contributed by atoms with Crippen molar-refractivity contribution in [3.63, 3.8) is 0 Å². The molecule has 33 heavy (non-hydrogen) atoms. The van der Waals surface area contributed by atoms with Gasteiger partial charge in [0.2, 0.25) is 5.88 Å². The molecule has 1 aliphatic rings. The summed E-state index contributed by atoms with van der Waals surface area (Å²) in [4.78, 5) is 30.7. The quantitative estimate of drug-likeness (QED) is 0.464. The molecule has 0 unspecified atom stereocenters. The highest BCUT2D eigenvalue weighted by atomic mass is 32.1. The Morgan fingerprint density at radius 1 is 1.09 bits per heavy atom. The van der Waals surface area contributed by atoms with Gasteiger partial charge in [-0.3, -0.25) is 14.6 Å². The van der Waals surface area contributed by atoms with Crippen molar-refractivity contribution in [3.05, 3.63) is 30.0 Å². The zero-order valence-corrected chi connectivity index (χ0v) is 19.8. The smallest absolute Gasteiger partial charge is 0.320 e. The number of fused-ring (bicyclic) bond motifs is 1. The molecule has 0 atom stereocenters. The van der Waals surface area contributed by atoms with Crippen LogP contribution >= 0.6 is 11.3 Å². The number of carbonyl (C=O) groups excluding carboxylic acids is 1. The fourth-order valence-electron chi connectivity index (χ4n) is 3.55. The molecular formula is C22H27N5O5S. The summed E-state index contributed by atoms with van der Waals surface area (Å²) in [5.41, 5.74) is 0.958. The number of methoxy groups -OCH3 is 3. The van der Waals surface area contributed by atoms with Crippen LogP contribution in [-0.2, 0) is 4.74 Å². The van der Waals surface area contributed by atoms with Crippen LogP contribution in [0.3, 0.4) is 0 Å². The van der Waals surface area contributed by atoms with Crippen molar-refractivity contribution in [2.75, 3.05) is 65.6 Å². The normalized spacial score (nSPS) is 14.3. The van der Waals surface area contributed by atoms with E-state index in [2.05, 4.69) is 14.9 Å². The molecule has 0 aliphatic carbocycles. The lowest BCUT2D eigenvalue weighted by Crippen LogP contribution is -2.39. The van der Waals surface area contributed by atoms with Gasteiger partial charge in [0.1, 0.15) is 11.4 Å². The van der Waals surface area contributed by atoms with Gasteiger partial charge in [0.05, 0.1) is 44.8 Å². The molecule has 176 valence electrons. The van der Waals surface area contributed by atoms with Crippen molar-refractivity contribution in [1.29, 1.82) is 0 Å². The van der Waals surface area contributed by atoms with Crippen LogP contribution in [-0.4, -0.2) is 86.5 Å². The van der Waals surface area contributed by atoms with Crippen LogP contribution in [0.2, 0.25) is 0 Å². The summed E-state index contributed by atoms with van der Waals surface area (Å²) in [5, 5.41) is 0.599. The third kappa shape index (κ3) is 5.49. The Bertz CT molecular complexity index is 1080. The number of nitrogens with zero attached hydrogens (tertiary/aromatic N) is 5. The zero-order valence-electron chi connectivity index (χ0n) is 18.9. The maximum absolute atomic E-state index is 13.6. The number of anilines is 1. The number of thiazole rings is 1. The van der Waals surface area contributed by atoms with E-state index in [1.807, 2.05) is 18.2 Å². The molecule has 1 aliphatic heterocycles. The molecule has 3 heterocycles. The molecule has 0 radical (unpaired) electrons. The highest BCUT2D eigenvalue weighted by Gasteiger charge is 2.24. The van der Waals surface area contributed by atoms with Gasteiger partial charge in [-0.25, -0.2) is 4.98 Å². The lowest BCUT2D eigenvalue weighted by molar-refractivity contribution is 0.0376. The number of hydrogen-bond donors (Lipinski definition) is 0. The first kappa shape index (κ1) is 23.1. The van der Waals surface area contributed by atoms with Crippen molar-refractivity contribution < 1.29 is 23.7 Å². The van der Waals surface area contributed by atoms with E-state index in [-0.39, 0.29) is 23.5 Å². The molecule has 0 saturated carbocycles. The van der Waals surface area contributed by atoms with Crippen LogP contribution < -0.4 is 19.1 Å². The second-order valence-corrected chi connectivity index (χ2v) is 8.39. The maximum Gasteiger partial charge on any atom is 0.320 e. The van der Waals surface area contributed by atoms with E-state index in [9.17, 15) is 4.79 Å². The number of hydrogen-bond acceptors (Lipinski definition) is 10. The number of aromatic nitrogens is 3. The first-order valence-electron chi connectivity index (χ1n) is 10.6. The lowest BCUT2D eigenvalue weighted by atomic mass is 10.3. The predicted molar refractivity (Wildman–Crippen MR) is 125 cm³/mol. The van der Waals surface area contributed by atoms with Crippen LogP contribution in [0.1, 0.15) is 16.9 Å². The first-order chi connectivity index (χ1) is 16.1. The maximum atomic E-state index is 13.6. The van der Waals surface area contributed by atoms with Crippen molar-refractivity contribution in [1.82, 2.24) is 19.9 Å². The standard InChI is InChI=1S/C22H27N5O5S/c1-29-15-5-6-18-16(13-15)24-22(33-18)27(8-4-7-26-9-11-32-12-10-26)20(28)17-14-19(30-2)25-21(23-17)31-3/h5-6,13-14H,4,7-12H2,1-3H3. The monoisotopic (exact) mass is 473 g/mol. The van der Waals surface area contributed by atoms with Crippen LogP contribution in [0.5, 0.6) is 17.6 Å². The van der Waals surface area contributed by atoms with E-state index in [4.69, 9.17) is 23.9 Å². The number of ether oxygens (including phenoxy) is 4. The van der Waals surface area contributed by atoms with Gasteiger partial charge in [0.25, 0.3) is 5.91 Å². The van der Waals surface area contributed by atoms with Gasteiger partial charge >= 0.3 is 6.01 Å². The molecular weight excluding hydrogens is 446 g/mol. The van der Waals surface area contributed by atoms with Gasteiger partial charge in [-0.1, -0.05) is 11.3 Å². The molecule has 1 amide bonds. The summed E-state index contributed by atoms with van der Waals surface area (Å²) in [6.45, 7) is 4.63. The van der Waals surface area contributed by atoms with E-state index in [1.165, 1.54) is 31.6 Å². The summed E-state index contributed by atoms with van der Waals surface area (Å²) >= 11 is 1.45. The topological polar surface area (TPSA) is 99.1 Å². The number of morpholine rings is 1. The predicted octanol–water partition coefficient (Wildman–Crippen LogP) is 2.48. The molecule has 1 aromatic carbocycles. The van der Waals surface area contributed by atoms with E-state index in [0.29, 0.717) is 11.7 Å². The molecule has 0 bridgehead atoms. The second kappa shape index (κ2) is 10.7. The Balaban J connectivity index is 1.62. The minimum atomic E-state index is -0.290. The fourth-order valence-corrected chi connectivity index (χ4v) is 4.52. The Morgan fingerprint density at radius 3 is 2.64 bits per heavy atom. The minimum Gasteiger partial charge on any atom is -0.497 e. The van der Waals surface area contributed by atoms with Gasteiger partial charge < -0.3 is 18.9 Å². The Hall–Kier alpha value is -3.02. The van der Waals surface area contributed by atoms with E-state index >= 15 is 0 Å². The van der Waals surface area contributed by atoms with Crippen molar-refractivity contribution in [3.8, 4) is 17.6 Å². The van der Waals surface area contributed by atoms with Crippen molar-refractivity contribution in [2.45, 2.75) is 6.42 Å². The van der Waals surface area contributed by atoms with Crippen molar-refractivity contribution >= 4 is 32.6 Å². The molecule has 11 heteroatoms. The van der Waals surface area contributed by atoms with Gasteiger partial charge in [0, 0.05) is 38.3 Å². The van der Waals surface area contributed by atoms with E-state index in [1.54, 1.807) is 12.0 Å². The summed E-state index contributed by atoms with van der Waals surface area (Å²) in [5.74, 6) is 0.685. The molecule has 0 spiro atoms. The summed E-state index contributed by atoms with van der Waals surface area (Å²) in [6, 6.07) is 7.27. The molecule has 2 aromatic heterocycles. The number of amides is 1.